The summed E-state index contributed by atoms with van der Waals surface area (Å²) in [5, 5.41) is 2.66. The number of hydrogen-bond acceptors (Lipinski definition) is 3. The molecule has 0 radical (unpaired) electrons. The lowest BCUT2D eigenvalue weighted by molar-refractivity contribution is -0.557. The summed E-state index contributed by atoms with van der Waals surface area (Å²) >= 11 is 8.02. The number of nitrogens with zero attached hydrogens (tertiary/aromatic N) is 1. The first-order valence-corrected chi connectivity index (χ1v) is 7.95. The minimum Gasteiger partial charge on any atom is -1.00 e. The topological polar surface area (TPSA) is 29.3 Å². The van der Waals surface area contributed by atoms with E-state index in [0.29, 0.717) is 5.02 Å². The number of halogens is 2. The minimum atomic E-state index is -0.503. The zero-order chi connectivity index (χ0) is 14.8. The molecule has 1 atom stereocenters. The lowest BCUT2D eigenvalue weighted by Crippen LogP contribution is -3.00. The molecule has 0 amide bonds. The maximum atomic E-state index is 12.3. The van der Waals surface area contributed by atoms with Crippen molar-refractivity contribution in [3.8, 4) is 0 Å². The smallest absolute Gasteiger partial charge is 0.380 e. The molecule has 0 saturated carbocycles. The fraction of sp³-hybridized carbons (Fsp3) is 0.250. The predicted molar refractivity (Wildman–Crippen MR) is 84.5 cm³/mol. The molecular weight excluding hydrogens is 386 g/mol. The van der Waals surface area contributed by atoms with Gasteiger partial charge in [-0.3, -0.25) is 0 Å². The second-order valence-electron chi connectivity index (χ2n) is 4.86. The third kappa shape index (κ3) is 3.26. The number of thiophene rings is 1. The fourth-order valence-electron chi connectivity index (χ4n) is 2.60. The van der Waals surface area contributed by atoms with Crippen LogP contribution in [0.5, 0.6) is 0 Å². The normalized spacial score (nSPS) is 14.4. The molecule has 22 heavy (non-hydrogen) atoms. The molecule has 1 aliphatic heterocycles. The third-order valence-corrected chi connectivity index (χ3v) is 4.98. The maximum Gasteiger partial charge on any atom is 0.380 e. The molecule has 0 saturated heterocycles. The van der Waals surface area contributed by atoms with E-state index < -0.39 is 6.04 Å². The van der Waals surface area contributed by atoms with Crippen LogP contribution in [0.15, 0.2) is 35.7 Å². The molecule has 1 aliphatic rings. The molecule has 0 bridgehead atoms. The van der Waals surface area contributed by atoms with Gasteiger partial charge in [0.25, 0.3) is 6.04 Å². The largest absolute Gasteiger partial charge is 1.00 e. The maximum absolute atomic E-state index is 12.3. The van der Waals surface area contributed by atoms with Gasteiger partial charge in [0, 0.05) is 16.9 Å². The van der Waals surface area contributed by atoms with Crippen molar-refractivity contribution < 1.29 is 31.1 Å². The Morgan fingerprint density at radius 1 is 1.36 bits per heavy atom. The molecule has 1 unspecified atom stereocenters. The van der Waals surface area contributed by atoms with Gasteiger partial charge in [-0.1, -0.05) is 29.8 Å². The van der Waals surface area contributed by atoms with Crippen molar-refractivity contribution in [1.82, 2.24) is 0 Å². The van der Waals surface area contributed by atoms with Crippen LogP contribution in [0.3, 0.4) is 0 Å². The first-order valence-electron chi connectivity index (χ1n) is 6.70. The van der Waals surface area contributed by atoms with E-state index in [1.54, 1.807) is 17.4 Å². The van der Waals surface area contributed by atoms with Crippen LogP contribution in [-0.4, -0.2) is 30.4 Å². The van der Waals surface area contributed by atoms with Gasteiger partial charge in [0.15, 0.2) is 6.21 Å². The molecule has 3 nitrogen and oxygen atoms in total. The van der Waals surface area contributed by atoms with Gasteiger partial charge in [0.1, 0.15) is 6.54 Å². The Bertz CT molecular complexity index is 714. The molecule has 2 aromatic rings. The Kier molecular flexibility index (Phi) is 5.78. The first-order chi connectivity index (χ1) is 10.2. The third-order valence-electron chi connectivity index (χ3n) is 3.64. The molecule has 6 heteroatoms. The van der Waals surface area contributed by atoms with E-state index in [1.165, 1.54) is 17.6 Å². The van der Waals surface area contributed by atoms with E-state index in [1.807, 2.05) is 29.0 Å². The summed E-state index contributed by atoms with van der Waals surface area (Å²) in [6.07, 6.45) is 2.96. The zero-order valence-corrected chi connectivity index (χ0v) is 15.1. The second kappa shape index (κ2) is 7.40. The number of methoxy groups -OCH3 is 1. The van der Waals surface area contributed by atoms with Gasteiger partial charge in [-0.15, -0.1) is 11.3 Å². The SMILES string of the molecule is COC(=O)C(c1ccccc1Cl)[N+]1=Cc2ccsc2CC1.[Br-]. The van der Waals surface area contributed by atoms with Gasteiger partial charge in [0.05, 0.1) is 17.7 Å². The average molecular weight is 401 g/mol. The van der Waals surface area contributed by atoms with E-state index >= 15 is 0 Å². The van der Waals surface area contributed by atoms with Gasteiger partial charge in [-0.05, 0) is 17.5 Å². The fourth-order valence-corrected chi connectivity index (χ4v) is 3.68. The van der Waals surface area contributed by atoms with E-state index in [-0.39, 0.29) is 23.0 Å². The molecule has 116 valence electrons. The summed E-state index contributed by atoms with van der Waals surface area (Å²) < 4.78 is 7.00. The van der Waals surface area contributed by atoms with Crippen LogP contribution in [0.2, 0.25) is 5.02 Å². The predicted octanol–water partition coefficient (Wildman–Crippen LogP) is 0.307. The van der Waals surface area contributed by atoms with E-state index in [4.69, 9.17) is 16.3 Å². The highest BCUT2D eigenvalue weighted by atomic mass is 79.9. The van der Waals surface area contributed by atoms with E-state index in [0.717, 1.165) is 18.5 Å². The Morgan fingerprint density at radius 3 is 2.86 bits per heavy atom. The van der Waals surface area contributed by atoms with Crippen LogP contribution in [0.25, 0.3) is 0 Å². The number of fused-ring (bicyclic) bond motifs is 1. The summed E-state index contributed by atoms with van der Waals surface area (Å²) in [5.41, 5.74) is 1.95. The molecule has 0 spiro atoms. The van der Waals surface area contributed by atoms with Crippen molar-refractivity contribution in [2.45, 2.75) is 12.5 Å². The van der Waals surface area contributed by atoms with Gasteiger partial charge in [-0.25, -0.2) is 9.37 Å². The molecular formula is C16H15BrClNO2S. The van der Waals surface area contributed by atoms with Crippen molar-refractivity contribution >= 4 is 35.1 Å². The lowest BCUT2D eigenvalue weighted by Gasteiger charge is -2.18. The van der Waals surface area contributed by atoms with Crippen LogP contribution in [-0.2, 0) is 16.0 Å². The highest BCUT2D eigenvalue weighted by Crippen LogP contribution is 2.29. The monoisotopic (exact) mass is 399 g/mol. The Labute approximate surface area is 149 Å². The van der Waals surface area contributed by atoms with Crippen molar-refractivity contribution in [2.75, 3.05) is 13.7 Å². The van der Waals surface area contributed by atoms with E-state index in [9.17, 15) is 4.79 Å². The standard InChI is InChI=1S/C16H15ClNO2S.BrH/c1-20-16(19)15(12-4-2-3-5-13(12)17)18-8-6-14-11(10-18)7-9-21-14;/h2-5,7,9-10,15H,6,8H2,1H3;1H/q+1;/p-1. The quantitative estimate of drug-likeness (QED) is 0.548. The summed E-state index contributed by atoms with van der Waals surface area (Å²) in [5.74, 6) is -0.293. The molecule has 1 aromatic heterocycles. The molecule has 0 N–H and O–H groups in total. The number of hydrogen-bond donors (Lipinski definition) is 0. The van der Waals surface area contributed by atoms with Crippen molar-refractivity contribution in [3.05, 3.63) is 56.7 Å². The number of rotatable bonds is 3. The van der Waals surface area contributed by atoms with Crippen molar-refractivity contribution in [3.63, 3.8) is 0 Å². The van der Waals surface area contributed by atoms with E-state index in [2.05, 4.69) is 11.4 Å². The van der Waals surface area contributed by atoms with Crippen molar-refractivity contribution in [2.24, 2.45) is 0 Å². The highest BCUT2D eigenvalue weighted by Gasteiger charge is 2.35. The summed E-state index contributed by atoms with van der Waals surface area (Å²) in [7, 11) is 1.41. The number of ether oxygens (including phenoxy) is 1. The molecule has 1 aromatic carbocycles. The number of benzene rings is 1. The Hall–Kier alpha value is -1.17. The van der Waals surface area contributed by atoms with Crippen LogP contribution < -0.4 is 17.0 Å². The van der Waals surface area contributed by atoms with Crippen molar-refractivity contribution in [1.29, 1.82) is 0 Å². The Morgan fingerprint density at radius 2 is 2.14 bits per heavy atom. The summed E-state index contributed by atoms with van der Waals surface area (Å²) in [6, 6.07) is 8.99. The average Bonchev–Trinajstić information content (AvgIpc) is 2.97. The Balaban J connectivity index is 0.00000176. The summed E-state index contributed by atoms with van der Waals surface area (Å²) in [6.45, 7) is 0.776. The van der Waals surface area contributed by atoms with Gasteiger partial charge in [0.2, 0.25) is 0 Å². The zero-order valence-electron chi connectivity index (χ0n) is 12.0. The molecule has 2 heterocycles. The number of carbonyl (C=O) groups excluding carboxylic acids is 1. The molecule has 0 aliphatic carbocycles. The minimum absolute atomic E-state index is 0. The van der Waals surface area contributed by atoms with Gasteiger partial charge in [-0.2, -0.15) is 0 Å². The highest BCUT2D eigenvalue weighted by molar-refractivity contribution is 7.10. The molecule has 3 rings (SSSR count). The van der Waals surface area contributed by atoms with Gasteiger partial charge < -0.3 is 21.7 Å². The molecule has 0 fully saturated rings. The first kappa shape index (κ1) is 17.2. The summed E-state index contributed by atoms with van der Waals surface area (Å²) in [4.78, 5) is 13.6. The second-order valence-corrected chi connectivity index (χ2v) is 6.27. The van der Waals surface area contributed by atoms with Crippen LogP contribution in [0.4, 0.5) is 0 Å². The number of esters is 1. The van der Waals surface area contributed by atoms with Crippen LogP contribution >= 0.6 is 22.9 Å². The lowest BCUT2D eigenvalue weighted by atomic mass is 10.0. The van der Waals surface area contributed by atoms with Gasteiger partial charge >= 0.3 is 5.97 Å². The number of carbonyl (C=O) groups is 1. The van der Waals surface area contributed by atoms with Crippen LogP contribution in [0.1, 0.15) is 22.0 Å². The van der Waals surface area contributed by atoms with Crippen LogP contribution in [0, 0.1) is 0 Å².